The minimum atomic E-state index is 0.938. The van der Waals surface area contributed by atoms with E-state index in [2.05, 4.69) is 186 Å². The van der Waals surface area contributed by atoms with Crippen LogP contribution < -0.4 is 5.32 Å². The van der Waals surface area contributed by atoms with Crippen molar-refractivity contribution in [2.75, 3.05) is 5.32 Å². The Balaban J connectivity index is 1.19. The van der Waals surface area contributed by atoms with Crippen LogP contribution in [0.15, 0.2) is 201 Å². The summed E-state index contributed by atoms with van der Waals surface area (Å²) in [6.45, 7) is 6.51. The van der Waals surface area contributed by atoms with Gasteiger partial charge in [-0.15, -0.1) is 0 Å². The summed E-state index contributed by atoms with van der Waals surface area (Å²) in [7, 11) is 0. The second-order valence-electron chi connectivity index (χ2n) is 12.7. The van der Waals surface area contributed by atoms with Crippen LogP contribution in [0, 0.1) is 0 Å². The monoisotopic (exact) mass is 654 g/mol. The number of hydrogen-bond donors (Lipinski definition) is 1. The van der Waals surface area contributed by atoms with Gasteiger partial charge in [0.2, 0.25) is 0 Å². The zero-order valence-corrected chi connectivity index (χ0v) is 28.6. The van der Waals surface area contributed by atoms with Gasteiger partial charge in [-0.2, -0.15) is 0 Å². The predicted molar refractivity (Wildman–Crippen MR) is 220 cm³/mol. The molecule has 0 aliphatic rings. The summed E-state index contributed by atoms with van der Waals surface area (Å²) in [5, 5.41) is 6.17. The molecule has 0 aliphatic heterocycles. The van der Waals surface area contributed by atoms with Gasteiger partial charge in [-0.05, 0) is 100 Å². The van der Waals surface area contributed by atoms with E-state index in [1.165, 1.54) is 44.1 Å². The van der Waals surface area contributed by atoms with E-state index in [0.29, 0.717) is 0 Å². The van der Waals surface area contributed by atoms with Crippen LogP contribution in [0.3, 0.4) is 0 Å². The van der Waals surface area contributed by atoms with Gasteiger partial charge in [0.25, 0.3) is 0 Å². The Morgan fingerprint density at radius 2 is 1.10 bits per heavy atom. The van der Waals surface area contributed by atoms with Gasteiger partial charge in [-0.25, -0.2) is 0 Å². The standard InChI is InChI=1S/C49H38N2/c1-3-4-7-15-35(2)45-33-40(26-30-47(45)50-42-21-14-20-39(32-42)37-18-10-6-11-19-37)41-27-31-49-46(34-41)44-22-12-13-23-48(44)51(49)43-28-24-38(25-29-43)36-16-8-5-9-17-36/h3-34,50H,2H2,1H3/b4-3-,15-7-. The van der Waals surface area contributed by atoms with E-state index in [0.717, 1.165) is 39.3 Å². The SMILES string of the molecule is C=C(/C=C\C=C/C)c1cc(-c2ccc3c(c2)c2ccccc2n3-c2ccc(-c3ccccc3)cc2)ccc1Nc1cccc(-c2ccccc2)c1. The Labute approximate surface area is 300 Å². The molecule has 1 N–H and O–H groups in total. The first-order valence-corrected chi connectivity index (χ1v) is 17.4. The molecule has 244 valence electrons. The summed E-state index contributed by atoms with van der Waals surface area (Å²) in [6.07, 6.45) is 8.18. The number of aromatic nitrogens is 1. The molecule has 8 rings (SSSR count). The van der Waals surface area contributed by atoms with Crippen LogP contribution in [-0.2, 0) is 0 Å². The third-order valence-corrected chi connectivity index (χ3v) is 9.45. The van der Waals surface area contributed by atoms with Crippen LogP contribution in [0.1, 0.15) is 12.5 Å². The molecule has 1 heterocycles. The van der Waals surface area contributed by atoms with E-state index < -0.39 is 0 Å². The molecule has 0 fully saturated rings. The van der Waals surface area contributed by atoms with Crippen molar-refractivity contribution >= 4 is 38.8 Å². The Morgan fingerprint density at radius 3 is 1.86 bits per heavy atom. The van der Waals surface area contributed by atoms with Gasteiger partial charge in [0.15, 0.2) is 0 Å². The van der Waals surface area contributed by atoms with Gasteiger partial charge in [-0.1, -0.05) is 146 Å². The highest BCUT2D eigenvalue weighted by Crippen LogP contribution is 2.38. The smallest absolute Gasteiger partial charge is 0.0541 e. The largest absolute Gasteiger partial charge is 0.355 e. The minimum absolute atomic E-state index is 0.938. The van der Waals surface area contributed by atoms with Gasteiger partial charge < -0.3 is 9.88 Å². The molecule has 0 saturated carbocycles. The maximum atomic E-state index is 4.49. The van der Waals surface area contributed by atoms with E-state index in [4.69, 9.17) is 0 Å². The second kappa shape index (κ2) is 14.1. The fourth-order valence-electron chi connectivity index (χ4n) is 6.90. The summed E-state index contributed by atoms with van der Waals surface area (Å²) in [4.78, 5) is 0. The molecule has 0 saturated heterocycles. The molecule has 8 aromatic rings. The fraction of sp³-hybridized carbons (Fsp3) is 0.0204. The average molecular weight is 655 g/mol. The van der Waals surface area contributed by atoms with Gasteiger partial charge in [-0.3, -0.25) is 0 Å². The van der Waals surface area contributed by atoms with Crippen molar-refractivity contribution in [2.24, 2.45) is 0 Å². The number of nitrogens with one attached hydrogen (secondary N) is 1. The lowest BCUT2D eigenvalue weighted by Gasteiger charge is -2.16. The molecule has 2 nitrogen and oxygen atoms in total. The lowest BCUT2D eigenvalue weighted by atomic mass is 9.96. The number of fused-ring (bicyclic) bond motifs is 3. The minimum Gasteiger partial charge on any atom is -0.355 e. The van der Waals surface area contributed by atoms with E-state index >= 15 is 0 Å². The van der Waals surface area contributed by atoms with Crippen LogP contribution >= 0.6 is 0 Å². The highest BCUT2D eigenvalue weighted by molar-refractivity contribution is 6.10. The third kappa shape index (κ3) is 6.44. The average Bonchev–Trinajstić information content (AvgIpc) is 3.52. The van der Waals surface area contributed by atoms with Crippen molar-refractivity contribution in [1.29, 1.82) is 0 Å². The number of rotatable bonds is 9. The lowest BCUT2D eigenvalue weighted by Crippen LogP contribution is -1.96. The number of nitrogens with zero attached hydrogens (tertiary/aromatic N) is 1. The van der Waals surface area contributed by atoms with Crippen molar-refractivity contribution in [3.8, 4) is 39.1 Å². The van der Waals surface area contributed by atoms with Crippen LogP contribution in [0.4, 0.5) is 11.4 Å². The summed E-state index contributed by atoms with van der Waals surface area (Å²) in [5.41, 5.74) is 14.6. The van der Waals surface area contributed by atoms with Gasteiger partial charge in [0.1, 0.15) is 0 Å². The van der Waals surface area contributed by atoms with E-state index in [1.54, 1.807) is 0 Å². The number of benzene rings is 7. The fourth-order valence-corrected chi connectivity index (χ4v) is 6.90. The second-order valence-corrected chi connectivity index (χ2v) is 12.7. The number of anilines is 2. The van der Waals surface area contributed by atoms with Gasteiger partial charge in [0, 0.05) is 33.4 Å². The number of allylic oxidation sites excluding steroid dienone is 5. The van der Waals surface area contributed by atoms with Crippen LogP contribution in [0.2, 0.25) is 0 Å². The predicted octanol–water partition coefficient (Wildman–Crippen LogP) is 13.7. The molecule has 0 atom stereocenters. The molecule has 2 heteroatoms. The maximum Gasteiger partial charge on any atom is 0.0541 e. The maximum absolute atomic E-state index is 4.49. The first-order chi connectivity index (χ1) is 25.2. The summed E-state index contributed by atoms with van der Waals surface area (Å²) in [5.74, 6) is 0. The van der Waals surface area contributed by atoms with E-state index in [-0.39, 0.29) is 0 Å². The molecule has 0 radical (unpaired) electrons. The molecule has 1 aromatic heterocycles. The molecular weight excluding hydrogens is 617 g/mol. The van der Waals surface area contributed by atoms with Gasteiger partial charge >= 0.3 is 0 Å². The van der Waals surface area contributed by atoms with Gasteiger partial charge in [0.05, 0.1) is 11.0 Å². The summed E-state index contributed by atoms with van der Waals surface area (Å²) < 4.78 is 2.37. The van der Waals surface area contributed by atoms with Crippen molar-refractivity contribution in [3.63, 3.8) is 0 Å². The van der Waals surface area contributed by atoms with Crippen molar-refractivity contribution in [2.45, 2.75) is 6.92 Å². The zero-order valence-electron chi connectivity index (χ0n) is 28.6. The first kappa shape index (κ1) is 31.6. The molecule has 0 spiro atoms. The number of hydrogen-bond acceptors (Lipinski definition) is 1. The van der Waals surface area contributed by atoms with Crippen LogP contribution in [0.5, 0.6) is 0 Å². The summed E-state index contributed by atoms with van der Waals surface area (Å²) >= 11 is 0. The zero-order chi connectivity index (χ0) is 34.6. The topological polar surface area (TPSA) is 17.0 Å². The van der Waals surface area contributed by atoms with Crippen LogP contribution in [0.25, 0.3) is 66.4 Å². The molecule has 0 bridgehead atoms. The quantitative estimate of drug-likeness (QED) is 0.153. The molecule has 0 unspecified atom stereocenters. The highest BCUT2D eigenvalue weighted by Gasteiger charge is 2.15. The highest BCUT2D eigenvalue weighted by atomic mass is 15.0. The lowest BCUT2D eigenvalue weighted by molar-refractivity contribution is 1.18. The van der Waals surface area contributed by atoms with Crippen molar-refractivity contribution < 1.29 is 0 Å². The Kier molecular flexibility index (Phi) is 8.72. The molecule has 7 aromatic carbocycles. The van der Waals surface area contributed by atoms with Crippen molar-refractivity contribution in [3.05, 3.63) is 206 Å². The summed E-state index contributed by atoms with van der Waals surface area (Å²) in [6, 6.07) is 60.6. The van der Waals surface area contributed by atoms with E-state index in [9.17, 15) is 0 Å². The first-order valence-electron chi connectivity index (χ1n) is 17.4. The molecular formula is C49H38N2. The molecule has 51 heavy (non-hydrogen) atoms. The van der Waals surface area contributed by atoms with Crippen LogP contribution in [-0.4, -0.2) is 4.57 Å². The third-order valence-electron chi connectivity index (χ3n) is 9.45. The van der Waals surface area contributed by atoms with E-state index in [1.807, 2.05) is 31.2 Å². The Morgan fingerprint density at radius 1 is 0.510 bits per heavy atom. The normalized spacial score (nSPS) is 11.5. The molecule has 0 amide bonds. The Bertz CT molecular complexity index is 2550. The Hall–Kier alpha value is -6.64. The number of para-hydroxylation sites is 1. The van der Waals surface area contributed by atoms with Crippen molar-refractivity contribution in [1.82, 2.24) is 4.57 Å². The molecule has 0 aliphatic carbocycles.